The fourth-order valence-corrected chi connectivity index (χ4v) is 3.43. The molecule has 0 amide bonds. The van der Waals surface area contributed by atoms with Gasteiger partial charge >= 0.3 is 0 Å². The summed E-state index contributed by atoms with van der Waals surface area (Å²) in [5, 5.41) is 3.58. The Balaban J connectivity index is 1.80. The third kappa shape index (κ3) is 2.86. The van der Waals surface area contributed by atoms with E-state index >= 15 is 0 Å². The minimum Gasteiger partial charge on any atom is -0.316 e. The average molecular weight is 237 g/mol. The molecule has 0 radical (unpaired) electrons. The van der Waals surface area contributed by atoms with E-state index in [1.54, 1.807) is 5.56 Å². The van der Waals surface area contributed by atoms with Crippen molar-refractivity contribution in [3.63, 3.8) is 0 Å². The summed E-state index contributed by atoms with van der Waals surface area (Å²) in [7, 11) is 0. The monoisotopic (exact) mass is 237 g/mol. The highest BCUT2D eigenvalue weighted by Gasteiger charge is 2.39. The highest BCUT2D eigenvalue weighted by molar-refractivity contribution is 7.12. The van der Waals surface area contributed by atoms with E-state index in [9.17, 15) is 0 Å². The summed E-state index contributed by atoms with van der Waals surface area (Å²) in [5.41, 5.74) is 1.62. The van der Waals surface area contributed by atoms with Gasteiger partial charge in [-0.2, -0.15) is 0 Å². The lowest BCUT2D eigenvalue weighted by atomic mass is 10.1. The second-order valence-corrected chi connectivity index (χ2v) is 6.98. The number of hydrogen-bond donors (Lipinski definition) is 1. The summed E-state index contributed by atoms with van der Waals surface area (Å²) in [6, 6.07) is 2.40. The van der Waals surface area contributed by atoms with E-state index in [1.165, 1.54) is 22.7 Å². The number of aryl methyl sites for hydroxylation is 2. The number of hydrogen-bond acceptors (Lipinski definition) is 2. The lowest BCUT2D eigenvalue weighted by Gasteiger charge is -2.06. The van der Waals surface area contributed by atoms with Crippen LogP contribution in [-0.2, 0) is 0 Å². The maximum Gasteiger partial charge on any atom is 0.00519 e. The molecule has 0 aliphatic heterocycles. The SMILES string of the molecule is Cc1cc(C2CC2CNCC(C)C)c(C)s1. The summed E-state index contributed by atoms with van der Waals surface area (Å²) in [6.07, 6.45) is 1.39. The van der Waals surface area contributed by atoms with Gasteiger partial charge in [0, 0.05) is 9.75 Å². The Morgan fingerprint density at radius 3 is 2.75 bits per heavy atom. The van der Waals surface area contributed by atoms with Gasteiger partial charge in [0.25, 0.3) is 0 Å². The minimum absolute atomic E-state index is 0.766. The van der Waals surface area contributed by atoms with Crippen molar-refractivity contribution in [3.05, 3.63) is 21.4 Å². The largest absolute Gasteiger partial charge is 0.316 e. The van der Waals surface area contributed by atoms with E-state index in [2.05, 4.69) is 39.1 Å². The lowest BCUT2D eigenvalue weighted by Crippen LogP contribution is -2.22. The molecular formula is C14H23NS. The smallest absolute Gasteiger partial charge is 0.00519 e. The number of rotatable bonds is 5. The molecule has 0 saturated heterocycles. The molecule has 0 spiro atoms. The molecule has 2 rings (SSSR count). The highest BCUT2D eigenvalue weighted by atomic mass is 32.1. The standard InChI is InChI=1S/C14H23NS/c1-9(2)7-15-8-12-6-14(12)13-5-10(3)16-11(13)4/h5,9,12,14-15H,6-8H2,1-4H3. The van der Waals surface area contributed by atoms with Crippen LogP contribution in [0.5, 0.6) is 0 Å². The molecule has 16 heavy (non-hydrogen) atoms. The van der Waals surface area contributed by atoms with Gasteiger partial charge < -0.3 is 5.32 Å². The lowest BCUT2D eigenvalue weighted by molar-refractivity contribution is 0.532. The van der Waals surface area contributed by atoms with Gasteiger partial charge in [0.15, 0.2) is 0 Å². The summed E-state index contributed by atoms with van der Waals surface area (Å²) in [5.74, 6) is 2.51. The number of thiophene rings is 1. The molecule has 1 aliphatic carbocycles. The van der Waals surface area contributed by atoms with Gasteiger partial charge in [-0.25, -0.2) is 0 Å². The van der Waals surface area contributed by atoms with E-state index < -0.39 is 0 Å². The first kappa shape index (κ1) is 12.1. The molecule has 0 aromatic carbocycles. The molecule has 90 valence electrons. The van der Waals surface area contributed by atoms with Crippen LogP contribution in [0, 0.1) is 25.7 Å². The normalized spacial score (nSPS) is 24.1. The Morgan fingerprint density at radius 1 is 1.44 bits per heavy atom. The van der Waals surface area contributed by atoms with Crippen molar-refractivity contribution in [2.75, 3.05) is 13.1 Å². The molecule has 1 aliphatic rings. The quantitative estimate of drug-likeness (QED) is 0.823. The summed E-state index contributed by atoms with van der Waals surface area (Å²) >= 11 is 1.95. The van der Waals surface area contributed by atoms with Gasteiger partial charge in [0.05, 0.1) is 0 Å². The molecule has 1 aromatic rings. The van der Waals surface area contributed by atoms with Crippen molar-refractivity contribution in [1.82, 2.24) is 5.32 Å². The predicted molar refractivity (Wildman–Crippen MR) is 72.3 cm³/mol. The molecule has 2 heteroatoms. The van der Waals surface area contributed by atoms with E-state index in [-0.39, 0.29) is 0 Å². The van der Waals surface area contributed by atoms with Crippen LogP contribution >= 0.6 is 11.3 Å². The molecule has 0 bridgehead atoms. The molecule has 1 N–H and O–H groups in total. The Labute approximate surface area is 103 Å². The van der Waals surface area contributed by atoms with Crippen molar-refractivity contribution >= 4 is 11.3 Å². The van der Waals surface area contributed by atoms with E-state index in [0.717, 1.165) is 24.3 Å². The fraction of sp³-hybridized carbons (Fsp3) is 0.714. The molecule has 1 fully saturated rings. The van der Waals surface area contributed by atoms with Crippen LogP contribution in [0.1, 0.15) is 41.5 Å². The number of nitrogens with one attached hydrogen (secondary N) is 1. The Morgan fingerprint density at radius 2 is 2.19 bits per heavy atom. The minimum atomic E-state index is 0.766. The predicted octanol–water partition coefficient (Wildman–Crippen LogP) is 3.71. The Bertz CT molecular complexity index is 354. The highest BCUT2D eigenvalue weighted by Crippen LogP contribution is 2.49. The van der Waals surface area contributed by atoms with Crippen molar-refractivity contribution in [2.45, 2.75) is 40.0 Å². The van der Waals surface area contributed by atoms with Gasteiger partial charge in [0.2, 0.25) is 0 Å². The molecular weight excluding hydrogens is 214 g/mol. The molecule has 1 nitrogen and oxygen atoms in total. The first-order chi connectivity index (χ1) is 7.58. The Kier molecular flexibility index (Phi) is 3.70. The van der Waals surface area contributed by atoms with Gasteiger partial charge in [-0.3, -0.25) is 0 Å². The van der Waals surface area contributed by atoms with Gasteiger partial charge in [-0.05, 0) is 62.7 Å². The first-order valence-corrected chi connectivity index (χ1v) is 7.17. The fourth-order valence-electron chi connectivity index (χ4n) is 2.43. The van der Waals surface area contributed by atoms with E-state index in [1.807, 2.05) is 11.3 Å². The zero-order valence-corrected chi connectivity index (χ0v) is 11.7. The topological polar surface area (TPSA) is 12.0 Å². The summed E-state index contributed by atoms with van der Waals surface area (Å²) < 4.78 is 0. The Hall–Kier alpha value is -0.340. The second kappa shape index (κ2) is 4.89. The third-order valence-corrected chi connectivity index (χ3v) is 4.34. The van der Waals surface area contributed by atoms with Gasteiger partial charge in [0.1, 0.15) is 0 Å². The third-order valence-electron chi connectivity index (χ3n) is 3.36. The zero-order valence-electron chi connectivity index (χ0n) is 10.8. The molecule has 1 saturated carbocycles. The summed E-state index contributed by atoms with van der Waals surface area (Å²) in [4.78, 5) is 3.00. The van der Waals surface area contributed by atoms with Crippen LogP contribution < -0.4 is 5.32 Å². The van der Waals surface area contributed by atoms with E-state index in [0.29, 0.717) is 0 Å². The van der Waals surface area contributed by atoms with E-state index in [4.69, 9.17) is 0 Å². The second-order valence-electron chi connectivity index (χ2n) is 5.52. The van der Waals surface area contributed by atoms with Crippen LogP contribution in [0.3, 0.4) is 0 Å². The molecule has 2 unspecified atom stereocenters. The van der Waals surface area contributed by atoms with Crippen molar-refractivity contribution in [1.29, 1.82) is 0 Å². The van der Waals surface area contributed by atoms with Crippen LogP contribution in [0.2, 0.25) is 0 Å². The maximum atomic E-state index is 3.58. The molecule has 1 heterocycles. The molecule has 1 aromatic heterocycles. The first-order valence-electron chi connectivity index (χ1n) is 6.35. The van der Waals surface area contributed by atoms with Crippen LogP contribution in [-0.4, -0.2) is 13.1 Å². The van der Waals surface area contributed by atoms with Crippen molar-refractivity contribution in [2.24, 2.45) is 11.8 Å². The summed E-state index contributed by atoms with van der Waals surface area (Å²) in [6.45, 7) is 11.4. The van der Waals surface area contributed by atoms with Crippen molar-refractivity contribution in [3.8, 4) is 0 Å². The van der Waals surface area contributed by atoms with Gasteiger partial charge in [-0.15, -0.1) is 11.3 Å². The zero-order chi connectivity index (χ0) is 11.7. The van der Waals surface area contributed by atoms with Gasteiger partial charge in [-0.1, -0.05) is 13.8 Å². The van der Waals surface area contributed by atoms with Crippen molar-refractivity contribution < 1.29 is 0 Å². The average Bonchev–Trinajstić information content (AvgIpc) is 2.85. The van der Waals surface area contributed by atoms with Crippen LogP contribution in [0.25, 0.3) is 0 Å². The maximum absolute atomic E-state index is 3.58. The van der Waals surface area contributed by atoms with Crippen LogP contribution in [0.4, 0.5) is 0 Å². The molecule has 2 atom stereocenters. The van der Waals surface area contributed by atoms with Crippen LogP contribution in [0.15, 0.2) is 6.07 Å².